The fourth-order valence-electron chi connectivity index (χ4n) is 2.43. The zero-order valence-electron chi connectivity index (χ0n) is 14.0. The fraction of sp³-hybridized carbons (Fsp3) is 0.167. The maximum atomic E-state index is 13.7. The van der Waals surface area contributed by atoms with E-state index < -0.39 is 11.9 Å². The van der Waals surface area contributed by atoms with Crippen LogP contribution < -0.4 is 10.1 Å². The smallest absolute Gasteiger partial charge is 0.222 e. The second kappa shape index (κ2) is 7.85. The number of benzene rings is 1. The van der Waals surface area contributed by atoms with Crippen LogP contribution >= 0.6 is 23.2 Å². The van der Waals surface area contributed by atoms with E-state index in [4.69, 9.17) is 27.9 Å². The van der Waals surface area contributed by atoms with Gasteiger partial charge in [-0.15, -0.1) is 0 Å². The topological polar surface area (TPSA) is 59.9 Å². The Kier molecular flexibility index (Phi) is 5.54. The second-order valence-electron chi connectivity index (χ2n) is 5.47. The molecule has 2 heterocycles. The Labute approximate surface area is 160 Å². The largest absolute Gasteiger partial charge is 0.484 e. The van der Waals surface area contributed by atoms with Crippen molar-refractivity contribution in [3.05, 3.63) is 64.4 Å². The van der Waals surface area contributed by atoms with Crippen LogP contribution in [0.4, 0.5) is 10.3 Å². The first-order valence-corrected chi connectivity index (χ1v) is 8.50. The van der Waals surface area contributed by atoms with Gasteiger partial charge in [-0.2, -0.15) is 0 Å². The van der Waals surface area contributed by atoms with Crippen LogP contribution in [-0.2, 0) is 0 Å². The molecule has 8 heteroatoms. The highest BCUT2D eigenvalue weighted by Crippen LogP contribution is 2.35. The summed E-state index contributed by atoms with van der Waals surface area (Å²) < 4.78 is 19.6. The summed E-state index contributed by atoms with van der Waals surface area (Å²) in [4.78, 5) is 12.5. The lowest BCUT2D eigenvalue weighted by Crippen LogP contribution is -2.06. The maximum absolute atomic E-state index is 13.7. The van der Waals surface area contributed by atoms with Gasteiger partial charge in [-0.25, -0.2) is 14.4 Å². The summed E-state index contributed by atoms with van der Waals surface area (Å²) in [6, 6.07) is 4.47. The van der Waals surface area contributed by atoms with Gasteiger partial charge in [-0.1, -0.05) is 23.2 Å². The average molecular weight is 393 g/mol. The summed E-state index contributed by atoms with van der Waals surface area (Å²) in [7, 11) is 1.75. The predicted octanol–water partition coefficient (Wildman–Crippen LogP) is 5.17. The van der Waals surface area contributed by atoms with Crippen molar-refractivity contribution in [2.24, 2.45) is 0 Å². The number of ether oxygens (including phenoxy) is 1. The van der Waals surface area contributed by atoms with Crippen molar-refractivity contribution < 1.29 is 9.13 Å². The first kappa shape index (κ1) is 18.4. The van der Waals surface area contributed by atoms with E-state index in [1.165, 1.54) is 12.1 Å². The molecule has 0 radical (unpaired) electrons. The van der Waals surface area contributed by atoms with Crippen molar-refractivity contribution in [1.82, 2.24) is 15.0 Å². The van der Waals surface area contributed by atoms with Crippen LogP contribution in [0.25, 0.3) is 11.1 Å². The van der Waals surface area contributed by atoms with Gasteiger partial charge in [0, 0.05) is 47.4 Å². The second-order valence-corrected chi connectivity index (χ2v) is 6.26. The molecule has 0 aliphatic rings. The van der Waals surface area contributed by atoms with Crippen LogP contribution in [0.15, 0.2) is 43.0 Å². The molecule has 5 nitrogen and oxygen atoms in total. The van der Waals surface area contributed by atoms with Gasteiger partial charge in [0.15, 0.2) is 0 Å². The van der Waals surface area contributed by atoms with Crippen LogP contribution in [0, 0.1) is 5.82 Å². The number of halogens is 3. The van der Waals surface area contributed by atoms with E-state index in [9.17, 15) is 4.39 Å². The minimum absolute atomic E-state index is 0.0508. The molecule has 1 atom stereocenters. The number of rotatable bonds is 5. The minimum atomic E-state index is -0.564. The summed E-state index contributed by atoms with van der Waals surface area (Å²) in [6.07, 6.45) is 6.04. The molecule has 0 amide bonds. The first-order chi connectivity index (χ1) is 12.5. The molecule has 3 aromatic rings. The van der Waals surface area contributed by atoms with Crippen LogP contribution in [0.3, 0.4) is 0 Å². The molecule has 26 heavy (non-hydrogen) atoms. The maximum Gasteiger partial charge on any atom is 0.222 e. The Balaban J connectivity index is 1.86. The van der Waals surface area contributed by atoms with Gasteiger partial charge >= 0.3 is 0 Å². The van der Waals surface area contributed by atoms with Gasteiger partial charge in [0.1, 0.15) is 17.7 Å². The number of nitrogens with zero attached hydrogens (tertiary/aromatic N) is 3. The molecule has 134 valence electrons. The van der Waals surface area contributed by atoms with Crippen LogP contribution in [0.5, 0.6) is 5.75 Å². The third kappa shape index (κ3) is 3.86. The zero-order chi connectivity index (χ0) is 18.7. The van der Waals surface area contributed by atoms with E-state index in [1.807, 2.05) is 0 Å². The number of anilines is 1. The van der Waals surface area contributed by atoms with E-state index >= 15 is 0 Å². The van der Waals surface area contributed by atoms with Crippen LogP contribution in [0.1, 0.15) is 18.6 Å². The minimum Gasteiger partial charge on any atom is -0.484 e. The number of hydrogen-bond acceptors (Lipinski definition) is 5. The van der Waals surface area contributed by atoms with Crippen molar-refractivity contribution in [3.8, 4) is 16.9 Å². The lowest BCUT2D eigenvalue weighted by atomic mass is 10.1. The quantitative estimate of drug-likeness (QED) is 0.607. The molecule has 0 spiro atoms. The molecule has 0 fully saturated rings. The number of pyridine rings is 1. The number of aromatic nitrogens is 3. The van der Waals surface area contributed by atoms with Crippen molar-refractivity contribution >= 4 is 29.2 Å². The van der Waals surface area contributed by atoms with E-state index in [1.54, 1.807) is 44.8 Å². The number of hydrogen-bond donors (Lipinski definition) is 1. The molecule has 0 aliphatic heterocycles. The van der Waals surface area contributed by atoms with Gasteiger partial charge in [0.2, 0.25) is 5.95 Å². The van der Waals surface area contributed by atoms with Crippen molar-refractivity contribution in [1.29, 1.82) is 0 Å². The summed E-state index contributed by atoms with van der Waals surface area (Å²) in [6.45, 7) is 1.74. The molecule has 0 bridgehead atoms. The summed E-state index contributed by atoms with van der Waals surface area (Å²) in [5.41, 5.74) is 1.96. The normalized spacial score (nSPS) is 11.9. The average Bonchev–Trinajstić information content (AvgIpc) is 2.65. The monoisotopic (exact) mass is 392 g/mol. The highest BCUT2D eigenvalue weighted by atomic mass is 35.5. The molecule has 1 N–H and O–H groups in total. The first-order valence-electron chi connectivity index (χ1n) is 7.75. The Bertz CT molecular complexity index is 922. The SMILES string of the molecule is CNc1ncc(-c2cncc(O[C@H](C)c3c(Cl)ccc(F)c3Cl)c2)cn1. The molecular formula is C18H15Cl2FN4O. The highest BCUT2D eigenvalue weighted by molar-refractivity contribution is 6.36. The van der Waals surface area contributed by atoms with E-state index in [0.29, 0.717) is 22.3 Å². The van der Waals surface area contributed by atoms with Crippen LogP contribution in [-0.4, -0.2) is 22.0 Å². The Morgan fingerprint density at radius 2 is 1.81 bits per heavy atom. The lowest BCUT2D eigenvalue weighted by Gasteiger charge is -2.18. The molecule has 0 saturated heterocycles. The Hall–Kier alpha value is -2.44. The highest BCUT2D eigenvalue weighted by Gasteiger charge is 2.19. The summed E-state index contributed by atoms with van der Waals surface area (Å²) in [5, 5.41) is 3.14. The lowest BCUT2D eigenvalue weighted by molar-refractivity contribution is 0.226. The Morgan fingerprint density at radius 3 is 2.50 bits per heavy atom. The van der Waals surface area contributed by atoms with Gasteiger partial charge < -0.3 is 10.1 Å². The van der Waals surface area contributed by atoms with Crippen LogP contribution in [0.2, 0.25) is 10.0 Å². The zero-order valence-corrected chi connectivity index (χ0v) is 15.5. The summed E-state index contributed by atoms with van der Waals surface area (Å²) in [5.74, 6) is 0.470. The van der Waals surface area contributed by atoms with E-state index in [0.717, 1.165) is 11.1 Å². The summed E-state index contributed by atoms with van der Waals surface area (Å²) >= 11 is 12.2. The molecule has 0 aliphatic carbocycles. The molecule has 1 aromatic carbocycles. The molecular weight excluding hydrogens is 378 g/mol. The van der Waals surface area contributed by atoms with Gasteiger partial charge in [0.05, 0.1) is 11.2 Å². The number of nitrogens with one attached hydrogen (secondary N) is 1. The van der Waals surface area contributed by atoms with Gasteiger partial charge in [0.25, 0.3) is 0 Å². The van der Waals surface area contributed by atoms with Crippen molar-refractivity contribution in [2.45, 2.75) is 13.0 Å². The van der Waals surface area contributed by atoms with Crippen molar-refractivity contribution in [3.63, 3.8) is 0 Å². The predicted molar refractivity (Wildman–Crippen MR) is 100 cm³/mol. The molecule has 3 rings (SSSR count). The van der Waals surface area contributed by atoms with E-state index in [-0.39, 0.29) is 5.02 Å². The fourth-order valence-corrected chi connectivity index (χ4v) is 3.10. The van der Waals surface area contributed by atoms with Crippen molar-refractivity contribution in [2.75, 3.05) is 12.4 Å². The Morgan fingerprint density at radius 1 is 1.08 bits per heavy atom. The molecule has 2 aromatic heterocycles. The standard InChI is InChI=1S/C18H15Cl2FN4O/c1-10(16-14(19)3-4-15(21)17(16)20)26-13-5-11(6-23-9-13)12-7-24-18(22-2)25-8-12/h3-10H,1-2H3,(H,22,24,25)/t10-/m1/s1. The third-order valence-corrected chi connectivity index (χ3v) is 4.43. The third-order valence-electron chi connectivity index (χ3n) is 3.72. The van der Waals surface area contributed by atoms with Gasteiger partial charge in [-0.05, 0) is 25.1 Å². The van der Waals surface area contributed by atoms with Gasteiger partial charge in [-0.3, -0.25) is 4.98 Å². The molecule has 0 unspecified atom stereocenters. The van der Waals surface area contributed by atoms with E-state index in [2.05, 4.69) is 20.3 Å². The molecule has 0 saturated carbocycles.